The number of likely N-dealkylation sites (tertiary alicyclic amines) is 1. The lowest BCUT2D eigenvalue weighted by molar-refractivity contribution is -0.173. The molecule has 1 saturated carbocycles. The molecule has 0 radical (unpaired) electrons. The largest absolute Gasteiger partial charge is 0.361 e. The highest BCUT2D eigenvalue weighted by Gasteiger charge is 2.58. The van der Waals surface area contributed by atoms with Gasteiger partial charge in [-0.25, -0.2) is 0 Å². The van der Waals surface area contributed by atoms with Crippen LogP contribution >= 0.6 is 0 Å². The summed E-state index contributed by atoms with van der Waals surface area (Å²) in [6, 6.07) is 9.55. The van der Waals surface area contributed by atoms with Crippen LogP contribution in [0.2, 0.25) is 0 Å². The molecule has 2 aromatic heterocycles. The van der Waals surface area contributed by atoms with Gasteiger partial charge in [-0.3, -0.25) is 19.6 Å². The molecule has 1 spiro atoms. The van der Waals surface area contributed by atoms with E-state index in [1.54, 1.807) is 18.6 Å². The number of hydrogen-bond donors (Lipinski definition) is 0. The number of hydrogen-bond acceptors (Lipinski definition) is 5. The number of aromatic nitrogens is 2. The van der Waals surface area contributed by atoms with Crippen LogP contribution in [0, 0.1) is 5.92 Å². The minimum atomic E-state index is -1.05. The highest BCUT2D eigenvalue weighted by molar-refractivity contribution is 5.90. The lowest BCUT2D eigenvalue weighted by Gasteiger charge is -2.42. The zero-order valence-electron chi connectivity index (χ0n) is 16.2. The maximum Gasteiger partial charge on any atom is 0.257 e. The quantitative estimate of drug-likeness (QED) is 0.790. The molecule has 3 fully saturated rings. The number of nitrogens with zero attached hydrogens (tertiary/aromatic N) is 4. The number of ether oxygens (including phenoxy) is 1. The zero-order valence-corrected chi connectivity index (χ0v) is 16.2. The molecule has 3 aliphatic rings. The van der Waals surface area contributed by atoms with Crippen molar-refractivity contribution in [1.82, 2.24) is 19.8 Å². The van der Waals surface area contributed by atoms with Crippen LogP contribution in [0.5, 0.6) is 0 Å². The van der Waals surface area contributed by atoms with Crippen molar-refractivity contribution in [1.29, 1.82) is 0 Å². The lowest BCUT2D eigenvalue weighted by atomic mass is 9.83. The van der Waals surface area contributed by atoms with Crippen molar-refractivity contribution in [2.45, 2.75) is 30.9 Å². The summed E-state index contributed by atoms with van der Waals surface area (Å²) >= 11 is 0. The zero-order chi connectivity index (χ0) is 19.8. The molecule has 2 amide bonds. The van der Waals surface area contributed by atoms with Crippen LogP contribution in [0.15, 0.2) is 48.9 Å². The lowest BCUT2D eigenvalue weighted by Crippen LogP contribution is -2.60. The van der Waals surface area contributed by atoms with Crippen molar-refractivity contribution in [2.75, 3.05) is 26.2 Å². The van der Waals surface area contributed by atoms with Crippen molar-refractivity contribution in [3.63, 3.8) is 0 Å². The summed E-state index contributed by atoms with van der Waals surface area (Å²) in [5, 5.41) is 0. The van der Waals surface area contributed by atoms with Gasteiger partial charge in [0.1, 0.15) is 0 Å². The van der Waals surface area contributed by atoms with Gasteiger partial charge in [-0.2, -0.15) is 0 Å². The minimum Gasteiger partial charge on any atom is -0.361 e. The van der Waals surface area contributed by atoms with Gasteiger partial charge in [0.05, 0.1) is 25.4 Å². The predicted octanol–water partition coefficient (Wildman–Crippen LogP) is 1.61. The third-order valence-electron chi connectivity index (χ3n) is 6.17. The first-order chi connectivity index (χ1) is 14.2. The van der Waals surface area contributed by atoms with E-state index in [0.29, 0.717) is 32.8 Å². The van der Waals surface area contributed by atoms with E-state index in [4.69, 9.17) is 4.74 Å². The van der Waals surface area contributed by atoms with Gasteiger partial charge in [0.2, 0.25) is 5.91 Å². The van der Waals surface area contributed by atoms with Crippen LogP contribution in [-0.4, -0.2) is 63.4 Å². The Bertz CT molecular complexity index is 903. The second-order valence-electron chi connectivity index (χ2n) is 8.12. The van der Waals surface area contributed by atoms with E-state index in [0.717, 1.165) is 24.1 Å². The van der Waals surface area contributed by atoms with E-state index in [-0.39, 0.29) is 23.7 Å². The maximum absolute atomic E-state index is 13.7. The number of amides is 2. The number of rotatable bonds is 4. The monoisotopic (exact) mass is 392 g/mol. The van der Waals surface area contributed by atoms with Crippen molar-refractivity contribution < 1.29 is 14.3 Å². The van der Waals surface area contributed by atoms with Crippen LogP contribution in [0.4, 0.5) is 0 Å². The summed E-state index contributed by atoms with van der Waals surface area (Å²) in [6.45, 7) is 2.21. The van der Waals surface area contributed by atoms with Gasteiger partial charge in [-0.05, 0) is 36.6 Å². The second-order valence-corrected chi connectivity index (χ2v) is 8.12. The SMILES string of the molecule is O=C(C1CC1)N1C[C@@H](c2cccnc2)[C@@]2(C1)OCCN(Cc1ccccn1)C2=O. The molecule has 2 atom stereocenters. The fourth-order valence-electron chi connectivity index (χ4n) is 4.51. The third kappa shape index (κ3) is 3.29. The first-order valence-corrected chi connectivity index (χ1v) is 10.2. The topological polar surface area (TPSA) is 75.6 Å². The highest BCUT2D eigenvalue weighted by atomic mass is 16.5. The van der Waals surface area contributed by atoms with Gasteiger partial charge in [-0.15, -0.1) is 0 Å². The molecular weight excluding hydrogens is 368 g/mol. The van der Waals surface area contributed by atoms with Gasteiger partial charge in [0, 0.05) is 43.5 Å². The Labute approximate surface area is 169 Å². The molecule has 0 aromatic carbocycles. The Morgan fingerprint density at radius 2 is 2.10 bits per heavy atom. The summed E-state index contributed by atoms with van der Waals surface area (Å²) in [5.41, 5.74) is 0.729. The highest BCUT2D eigenvalue weighted by Crippen LogP contribution is 2.44. The van der Waals surface area contributed by atoms with Crippen LogP contribution in [0.25, 0.3) is 0 Å². The van der Waals surface area contributed by atoms with Crippen LogP contribution in [-0.2, 0) is 20.9 Å². The maximum atomic E-state index is 13.7. The van der Waals surface area contributed by atoms with Gasteiger partial charge in [-0.1, -0.05) is 12.1 Å². The van der Waals surface area contributed by atoms with E-state index in [2.05, 4.69) is 9.97 Å². The molecule has 0 unspecified atom stereocenters. The Kier molecular flexibility index (Phi) is 4.54. The van der Waals surface area contributed by atoms with Gasteiger partial charge >= 0.3 is 0 Å². The van der Waals surface area contributed by atoms with E-state index >= 15 is 0 Å². The second kappa shape index (κ2) is 7.22. The van der Waals surface area contributed by atoms with E-state index in [9.17, 15) is 9.59 Å². The van der Waals surface area contributed by atoms with Crippen molar-refractivity contribution in [3.8, 4) is 0 Å². The average Bonchev–Trinajstić information content (AvgIpc) is 3.54. The van der Waals surface area contributed by atoms with Gasteiger partial charge in [0.15, 0.2) is 5.60 Å². The molecule has 29 heavy (non-hydrogen) atoms. The molecule has 2 aliphatic heterocycles. The predicted molar refractivity (Wildman–Crippen MR) is 105 cm³/mol. The molecule has 2 saturated heterocycles. The molecule has 7 nitrogen and oxygen atoms in total. The smallest absolute Gasteiger partial charge is 0.257 e. The van der Waals surface area contributed by atoms with Crippen molar-refractivity contribution >= 4 is 11.8 Å². The summed E-state index contributed by atoms with van der Waals surface area (Å²) in [7, 11) is 0. The van der Waals surface area contributed by atoms with Gasteiger partial charge in [0.25, 0.3) is 5.91 Å². The van der Waals surface area contributed by atoms with E-state index in [1.807, 2.05) is 40.1 Å². The standard InChI is InChI=1S/C22H24N4O3/c27-20(16-6-7-16)26-14-19(17-4-3-8-23-12-17)22(15-26)21(28)25(10-11-29-22)13-18-5-1-2-9-24-18/h1-5,8-9,12,16,19H,6-7,10-11,13-15H2/t19-,22+/m0/s1. The molecule has 4 heterocycles. The van der Waals surface area contributed by atoms with Crippen LogP contribution in [0.1, 0.15) is 30.0 Å². The average molecular weight is 392 g/mol. The van der Waals surface area contributed by atoms with Crippen LogP contribution in [0.3, 0.4) is 0 Å². The summed E-state index contributed by atoms with van der Waals surface area (Å²) in [5.74, 6) is -0.0238. The summed E-state index contributed by atoms with van der Waals surface area (Å²) < 4.78 is 6.22. The summed E-state index contributed by atoms with van der Waals surface area (Å²) in [6.07, 6.45) is 7.13. The van der Waals surface area contributed by atoms with Crippen molar-refractivity contribution in [3.05, 3.63) is 60.2 Å². The number of carbonyl (C=O) groups excluding carboxylic acids is 2. The molecule has 5 rings (SSSR count). The van der Waals surface area contributed by atoms with E-state index < -0.39 is 5.60 Å². The fourth-order valence-corrected chi connectivity index (χ4v) is 4.51. The molecular formula is C22H24N4O3. The normalized spacial score (nSPS) is 26.9. The molecule has 0 bridgehead atoms. The molecule has 2 aromatic rings. The third-order valence-corrected chi connectivity index (χ3v) is 6.17. The number of pyridine rings is 2. The minimum absolute atomic E-state index is 0.0608. The molecule has 0 N–H and O–H groups in total. The van der Waals surface area contributed by atoms with Crippen molar-refractivity contribution in [2.24, 2.45) is 5.92 Å². The first kappa shape index (κ1) is 18.2. The Morgan fingerprint density at radius 1 is 1.21 bits per heavy atom. The molecule has 1 aliphatic carbocycles. The Hall–Kier alpha value is -2.80. The fraction of sp³-hybridized carbons (Fsp3) is 0.455. The van der Waals surface area contributed by atoms with Crippen LogP contribution < -0.4 is 0 Å². The molecule has 150 valence electrons. The summed E-state index contributed by atoms with van der Waals surface area (Å²) in [4.78, 5) is 38.8. The van der Waals surface area contributed by atoms with Gasteiger partial charge < -0.3 is 14.5 Å². The Balaban J connectivity index is 1.47. The van der Waals surface area contributed by atoms with E-state index in [1.165, 1.54) is 0 Å². The molecule has 7 heteroatoms. The Morgan fingerprint density at radius 3 is 2.83 bits per heavy atom. The number of carbonyl (C=O) groups is 2. The number of morpholine rings is 1. The first-order valence-electron chi connectivity index (χ1n) is 10.2.